The maximum atomic E-state index is 5.32. The van der Waals surface area contributed by atoms with Gasteiger partial charge in [0.2, 0.25) is 0 Å². The van der Waals surface area contributed by atoms with Gasteiger partial charge < -0.3 is 9.47 Å². The van der Waals surface area contributed by atoms with Crippen molar-refractivity contribution in [1.29, 1.82) is 0 Å². The Morgan fingerprint density at radius 2 is 1.89 bits per heavy atom. The van der Waals surface area contributed by atoms with Gasteiger partial charge in [0.25, 0.3) is 0 Å². The minimum absolute atomic E-state index is 0.686. The second-order valence-corrected chi connectivity index (χ2v) is 3.97. The quantitative estimate of drug-likeness (QED) is 0.704. The molecule has 0 heterocycles. The largest absolute Gasteiger partial charge is 0.493 e. The molecule has 1 aromatic carbocycles. The fourth-order valence-corrected chi connectivity index (χ4v) is 1.83. The Hall–Kier alpha value is -1.77. The Bertz CT molecular complexity index is 450. The van der Waals surface area contributed by atoms with E-state index in [1.54, 1.807) is 20.4 Å². The Morgan fingerprint density at radius 1 is 1.28 bits per heavy atom. The van der Waals surface area contributed by atoms with Crippen molar-refractivity contribution in [3.63, 3.8) is 0 Å². The molecule has 0 spiro atoms. The van der Waals surface area contributed by atoms with Crippen LogP contribution in [0.25, 0.3) is 5.57 Å². The molecule has 0 atom stereocenters. The van der Waals surface area contributed by atoms with Crippen molar-refractivity contribution in [2.45, 2.75) is 26.7 Å². The minimum Gasteiger partial charge on any atom is -0.493 e. The lowest BCUT2D eigenvalue weighted by atomic mass is 10.0. The van der Waals surface area contributed by atoms with E-state index in [0.717, 1.165) is 29.7 Å². The van der Waals surface area contributed by atoms with Crippen LogP contribution >= 0.6 is 0 Å². The first-order valence-corrected chi connectivity index (χ1v) is 6.10. The van der Waals surface area contributed by atoms with E-state index >= 15 is 0 Å². The molecular formula is C15H21NO2. The fourth-order valence-electron chi connectivity index (χ4n) is 1.83. The lowest BCUT2D eigenvalue weighted by Crippen LogP contribution is -1.93. The summed E-state index contributed by atoms with van der Waals surface area (Å²) in [5.74, 6) is 1.39. The van der Waals surface area contributed by atoms with E-state index in [9.17, 15) is 0 Å². The Labute approximate surface area is 109 Å². The summed E-state index contributed by atoms with van der Waals surface area (Å²) < 4.78 is 10.6. The van der Waals surface area contributed by atoms with Gasteiger partial charge in [0.15, 0.2) is 11.5 Å². The summed E-state index contributed by atoms with van der Waals surface area (Å²) in [6, 6.07) is 3.83. The van der Waals surface area contributed by atoms with Crippen molar-refractivity contribution < 1.29 is 9.47 Å². The molecule has 3 heteroatoms. The average molecular weight is 247 g/mol. The molecule has 0 aliphatic heterocycles. The number of methoxy groups -OCH3 is 2. The minimum atomic E-state index is 0.686. The number of allylic oxidation sites excluding steroid dienone is 1. The van der Waals surface area contributed by atoms with Crippen LogP contribution in [0.15, 0.2) is 23.7 Å². The van der Waals surface area contributed by atoms with Gasteiger partial charge in [-0.3, -0.25) is 4.99 Å². The van der Waals surface area contributed by atoms with Gasteiger partial charge in [-0.15, -0.1) is 0 Å². The highest BCUT2D eigenvalue weighted by Crippen LogP contribution is 2.38. The van der Waals surface area contributed by atoms with Crippen LogP contribution in [0.1, 0.15) is 32.3 Å². The van der Waals surface area contributed by atoms with Gasteiger partial charge in [-0.25, -0.2) is 0 Å². The van der Waals surface area contributed by atoms with Crippen LogP contribution in [0.5, 0.6) is 11.5 Å². The number of hydrogen-bond acceptors (Lipinski definition) is 3. The lowest BCUT2D eigenvalue weighted by Gasteiger charge is -2.14. The number of nitrogens with zero attached hydrogens (tertiary/aromatic N) is 1. The molecule has 1 aromatic rings. The molecule has 0 aliphatic rings. The molecule has 3 nitrogen and oxygen atoms in total. The molecular weight excluding hydrogens is 226 g/mol. The third-order valence-corrected chi connectivity index (χ3v) is 2.70. The second-order valence-electron chi connectivity index (χ2n) is 3.97. The average Bonchev–Trinajstić information content (AvgIpc) is 2.38. The summed E-state index contributed by atoms with van der Waals surface area (Å²) in [7, 11) is 3.25. The van der Waals surface area contributed by atoms with Crippen LogP contribution < -0.4 is 9.47 Å². The molecule has 0 fully saturated rings. The van der Waals surface area contributed by atoms with E-state index in [2.05, 4.69) is 18.5 Å². The molecule has 98 valence electrons. The van der Waals surface area contributed by atoms with E-state index in [0.29, 0.717) is 11.5 Å². The van der Waals surface area contributed by atoms with Gasteiger partial charge in [-0.1, -0.05) is 19.9 Å². The summed E-state index contributed by atoms with van der Waals surface area (Å²) in [6.07, 6.45) is 3.77. The van der Waals surface area contributed by atoms with Gasteiger partial charge in [-0.05, 0) is 25.0 Å². The van der Waals surface area contributed by atoms with Crippen LogP contribution in [0.3, 0.4) is 0 Å². The van der Waals surface area contributed by atoms with Gasteiger partial charge >= 0.3 is 0 Å². The monoisotopic (exact) mass is 247 g/mol. The van der Waals surface area contributed by atoms with E-state index < -0.39 is 0 Å². The Balaban J connectivity index is 3.32. The first-order chi connectivity index (χ1) is 8.67. The Morgan fingerprint density at radius 3 is 2.39 bits per heavy atom. The molecule has 0 bridgehead atoms. The number of rotatable bonds is 6. The Kier molecular flexibility index (Phi) is 5.43. The zero-order valence-electron chi connectivity index (χ0n) is 11.6. The van der Waals surface area contributed by atoms with Gasteiger partial charge in [0.05, 0.1) is 19.9 Å². The van der Waals surface area contributed by atoms with E-state index in [1.807, 2.05) is 19.1 Å². The molecule has 1 rings (SSSR count). The number of benzene rings is 1. The highest BCUT2D eigenvalue weighted by atomic mass is 16.5. The summed E-state index contributed by atoms with van der Waals surface area (Å²) in [6.45, 7) is 8.14. The zero-order chi connectivity index (χ0) is 13.5. The second kappa shape index (κ2) is 6.84. The first kappa shape index (κ1) is 14.3. The fraction of sp³-hybridized carbons (Fsp3) is 0.400. The first-order valence-electron chi connectivity index (χ1n) is 6.10. The van der Waals surface area contributed by atoms with Gasteiger partial charge in [0.1, 0.15) is 0 Å². The predicted octanol–water partition coefficient (Wildman–Crippen LogP) is 4.24. The zero-order valence-corrected chi connectivity index (χ0v) is 11.6. The van der Waals surface area contributed by atoms with Crippen molar-refractivity contribution in [2.24, 2.45) is 4.99 Å². The van der Waals surface area contributed by atoms with Crippen molar-refractivity contribution in [3.8, 4) is 11.5 Å². The maximum absolute atomic E-state index is 5.32. The van der Waals surface area contributed by atoms with Crippen molar-refractivity contribution in [2.75, 3.05) is 14.2 Å². The van der Waals surface area contributed by atoms with E-state index in [1.165, 1.54) is 0 Å². The third kappa shape index (κ3) is 3.13. The standard InChI is InChI=1S/C15H21NO2/c1-6-8-11(3)12-9-14(17-4)15(18-5)10-13(12)16-7-2/h7,9-10H,3,6,8H2,1-2,4-5H3. The highest BCUT2D eigenvalue weighted by molar-refractivity contribution is 5.78. The molecule has 0 saturated heterocycles. The topological polar surface area (TPSA) is 30.8 Å². The smallest absolute Gasteiger partial charge is 0.162 e. The number of hydrogen-bond donors (Lipinski definition) is 0. The maximum Gasteiger partial charge on any atom is 0.162 e. The molecule has 0 aromatic heterocycles. The van der Waals surface area contributed by atoms with Crippen molar-refractivity contribution in [1.82, 2.24) is 0 Å². The number of aliphatic imine (C=N–C) groups is 1. The van der Waals surface area contributed by atoms with Crippen molar-refractivity contribution in [3.05, 3.63) is 24.3 Å². The van der Waals surface area contributed by atoms with E-state index in [-0.39, 0.29) is 0 Å². The highest BCUT2D eigenvalue weighted by Gasteiger charge is 2.12. The van der Waals surface area contributed by atoms with E-state index in [4.69, 9.17) is 9.47 Å². The summed E-state index contributed by atoms with van der Waals surface area (Å²) in [5.41, 5.74) is 2.96. The van der Waals surface area contributed by atoms with Crippen LogP contribution in [-0.2, 0) is 0 Å². The van der Waals surface area contributed by atoms with Crippen LogP contribution in [0.4, 0.5) is 5.69 Å². The molecule has 0 amide bonds. The van der Waals surface area contributed by atoms with Crippen molar-refractivity contribution >= 4 is 17.5 Å². The summed E-state index contributed by atoms with van der Waals surface area (Å²) in [5, 5.41) is 0. The summed E-state index contributed by atoms with van der Waals surface area (Å²) >= 11 is 0. The van der Waals surface area contributed by atoms with Gasteiger partial charge in [-0.2, -0.15) is 0 Å². The molecule has 0 radical (unpaired) electrons. The molecule has 18 heavy (non-hydrogen) atoms. The SMILES string of the molecule is C=C(CCC)c1cc(OC)c(OC)cc1N=CC. The third-order valence-electron chi connectivity index (χ3n) is 2.70. The predicted molar refractivity (Wildman–Crippen MR) is 77.3 cm³/mol. The normalized spacial score (nSPS) is 10.7. The molecule has 0 aliphatic carbocycles. The van der Waals surface area contributed by atoms with Crippen LogP contribution in [-0.4, -0.2) is 20.4 Å². The lowest BCUT2D eigenvalue weighted by molar-refractivity contribution is 0.355. The molecule has 0 saturated carbocycles. The molecule has 0 unspecified atom stereocenters. The van der Waals surface area contributed by atoms with Crippen LogP contribution in [0, 0.1) is 0 Å². The summed E-state index contributed by atoms with van der Waals surface area (Å²) in [4.78, 5) is 4.37. The van der Waals surface area contributed by atoms with Crippen LogP contribution in [0.2, 0.25) is 0 Å². The van der Waals surface area contributed by atoms with Gasteiger partial charge in [0, 0.05) is 17.8 Å². The number of ether oxygens (including phenoxy) is 2. The molecule has 0 N–H and O–H groups in total.